The molecule has 0 aliphatic carbocycles. The lowest BCUT2D eigenvalue weighted by Gasteiger charge is -2.04. The molecule has 6 nitrogen and oxygen atoms in total. The van der Waals surface area contributed by atoms with Gasteiger partial charge in [-0.25, -0.2) is 4.79 Å². The Balaban J connectivity index is 1.77. The van der Waals surface area contributed by atoms with E-state index in [2.05, 4.69) is 5.32 Å². The maximum Gasteiger partial charge on any atom is 0.371 e. The normalized spacial score (nSPS) is 10.4. The maximum absolute atomic E-state index is 12.0. The van der Waals surface area contributed by atoms with E-state index in [-0.39, 0.29) is 36.8 Å². The summed E-state index contributed by atoms with van der Waals surface area (Å²) in [5.41, 5.74) is 1.75. The molecule has 2 N–H and O–H groups in total. The number of aromatic carboxylic acids is 1. The lowest BCUT2D eigenvalue weighted by molar-refractivity contribution is -0.121. The molecular weight excluding hydrogens is 310 g/mol. The van der Waals surface area contributed by atoms with Crippen LogP contribution in [0.2, 0.25) is 0 Å². The van der Waals surface area contributed by atoms with Crippen LogP contribution in [-0.4, -0.2) is 22.8 Å². The fourth-order valence-corrected chi connectivity index (χ4v) is 2.16. The molecule has 1 aromatic carbocycles. The van der Waals surface area contributed by atoms with Crippen LogP contribution in [0.25, 0.3) is 0 Å². The monoisotopic (exact) mass is 329 g/mol. The quantitative estimate of drug-likeness (QED) is 0.726. The molecular formula is C18H19NO5. The number of benzene rings is 1. The van der Waals surface area contributed by atoms with Gasteiger partial charge in [-0.2, -0.15) is 0 Å². The van der Waals surface area contributed by atoms with Gasteiger partial charge in [0.2, 0.25) is 11.7 Å². The first kappa shape index (κ1) is 17.5. The first-order chi connectivity index (χ1) is 11.5. The molecule has 0 unspecified atom stereocenters. The summed E-state index contributed by atoms with van der Waals surface area (Å²) in [6.45, 7) is 2.13. The third-order valence-corrected chi connectivity index (χ3v) is 3.60. The number of aryl methyl sites for hydroxylation is 1. The van der Waals surface area contributed by atoms with Crippen molar-refractivity contribution in [1.29, 1.82) is 0 Å². The van der Waals surface area contributed by atoms with E-state index in [1.54, 1.807) is 12.1 Å². The third kappa shape index (κ3) is 4.81. The van der Waals surface area contributed by atoms with Crippen molar-refractivity contribution in [2.75, 3.05) is 0 Å². The second-order valence-corrected chi connectivity index (χ2v) is 5.32. The highest BCUT2D eigenvalue weighted by atomic mass is 16.4. The molecule has 126 valence electrons. The van der Waals surface area contributed by atoms with E-state index in [1.165, 1.54) is 12.1 Å². The Labute approximate surface area is 139 Å². The number of amides is 1. The van der Waals surface area contributed by atoms with Crippen molar-refractivity contribution in [2.45, 2.75) is 32.7 Å². The number of carbonyl (C=O) groups excluding carboxylic acids is 2. The average molecular weight is 329 g/mol. The molecule has 1 aromatic heterocycles. The van der Waals surface area contributed by atoms with Crippen molar-refractivity contribution >= 4 is 17.7 Å². The van der Waals surface area contributed by atoms with Crippen LogP contribution in [0.1, 0.15) is 52.0 Å². The highest BCUT2D eigenvalue weighted by molar-refractivity contribution is 5.97. The number of carboxylic acid groups (broad SMARTS) is 1. The minimum absolute atomic E-state index is 0.0703. The number of rotatable bonds is 8. The van der Waals surface area contributed by atoms with Gasteiger partial charge in [0, 0.05) is 18.4 Å². The number of carboxylic acids is 1. The van der Waals surface area contributed by atoms with Crippen LogP contribution in [0.4, 0.5) is 0 Å². The molecule has 0 atom stereocenters. The molecule has 1 amide bonds. The van der Waals surface area contributed by atoms with Crippen molar-refractivity contribution in [1.82, 2.24) is 5.32 Å². The van der Waals surface area contributed by atoms with Gasteiger partial charge in [0.05, 0.1) is 6.54 Å². The summed E-state index contributed by atoms with van der Waals surface area (Å²) in [4.78, 5) is 34.5. The van der Waals surface area contributed by atoms with Gasteiger partial charge in [-0.3, -0.25) is 9.59 Å². The van der Waals surface area contributed by atoms with Crippen molar-refractivity contribution in [3.63, 3.8) is 0 Å². The van der Waals surface area contributed by atoms with Gasteiger partial charge in [0.25, 0.3) is 0 Å². The minimum atomic E-state index is -1.16. The minimum Gasteiger partial charge on any atom is -0.475 e. The molecule has 0 bridgehead atoms. The average Bonchev–Trinajstić information content (AvgIpc) is 3.07. The molecule has 2 rings (SSSR count). The standard InChI is InChI=1S/C18H19NO5/c1-2-12-3-5-13(6-4-12)15(20)8-10-17(21)19-11-14-7-9-16(24-14)18(22)23/h3-7,9H,2,8,10-11H2,1H3,(H,19,21)(H,22,23). The number of hydrogen-bond acceptors (Lipinski definition) is 4. The molecule has 0 saturated carbocycles. The Kier molecular flexibility index (Phi) is 5.89. The SMILES string of the molecule is CCc1ccc(C(=O)CCC(=O)NCc2ccc(C(=O)O)o2)cc1. The highest BCUT2D eigenvalue weighted by Crippen LogP contribution is 2.10. The number of carbonyl (C=O) groups is 3. The van der Waals surface area contributed by atoms with Crippen LogP contribution < -0.4 is 5.32 Å². The smallest absolute Gasteiger partial charge is 0.371 e. The molecule has 0 aliphatic heterocycles. The Morgan fingerprint density at radius 3 is 2.33 bits per heavy atom. The topological polar surface area (TPSA) is 96.6 Å². The van der Waals surface area contributed by atoms with Gasteiger partial charge in [0.1, 0.15) is 5.76 Å². The van der Waals surface area contributed by atoms with E-state index in [9.17, 15) is 14.4 Å². The largest absolute Gasteiger partial charge is 0.475 e. The second kappa shape index (κ2) is 8.10. The summed E-state index contributed by atoms with van der Waals surface area (Å²) >= 11 is 0. The fraction of sp³-hybridized carbons (Fsp3) is 0.278. The zero-order chi connectivity index (χ0) is 17.5. The molecule has 24 heavy (non-hydrogen) atoms. The highest BCUT2D eigenvalue weighted by Gasteiger charge is 2.11. The number of furan rings is 1. The summed E-state index contributed by atoms with van der Waals surface area (Å²) in [5.74, 6) is -1.36. The van der Waals surface area contributed by atoms with Gasteiger partial charge < -0.3 is 14.8 Å². The van der Waals surface area contributed by atoms with Gasteiger partial charge >= 0.3 is 5.97 Å². The number of Topliss-reactive ketones (excluding diaryl/α,β-unsaturated/α-hetero) is 1. The van der Waals surface area contributed by atoms with E-state index in [1.807, 2.05) is 19.1 Å². The third-order valence-electron chi connectivity index (χ3n) is 3.60. The maximum atomic E-state index is 12.0. The van der Waals surface area contributed by atoms with Crippen molar-refractivity contribution < 1.29 is 23.9 Å². The molecule has 2 aromatic rings. The molecule has 0 aliphatic rings. The summed E-state index contributed by atoms with van der Waals surface area (Å²) in [7, 11) is 0. The van der Waals surface area contributed by atoms with Crippen molar-refractivity contribution in [3.05, 3.63) is 59.0 Å². The fourth-order valence-electron chi connectivity index (χ4n) is 2.16. The number of ketones is 1. The van der Waals surface area contributed by atoms with Gasteiger partial charge in [-0.1, -0.05) is 31.2 Å². The first-order valence-electron chi connectivity index (χ1n) is 7.70. The Hall–Kier alpha value is -2.89. The Morgan fingerprint density at radius 1 is 1.04 bits per heavy atom. The first-order valence-corrected chi connectivity index (χ1v) is 7.70. The zero-order valence-corrected chi connectivity index (χ0v) is 13.4. The van der Waals surface area contributed by atoms with E-state index < -0.39 is 5.97 Å². The van der Waals surface area contributed by atoms with E-state index in [0.717, 1.165) is 12.0 Å². The Morgan fingerprint density at radius 2 is 1.75 bits per heavy atom. The van der Waals surface area contributed by atoms with Gasteiger partial charge in [-0.05, 0) is 24.1 Å². The summed E-state index contributed by atoms with van der Waals surface area (Å²) in [6.07, 6.45) is 1.10. The zero-order valence-electron chi connectivity index (χ0n) is 13.4. The van der Waals surface area contributed by atoms with E-state index in [0.29, 0.717) is 11.3 Å². The molecule has 0 spiro atoms. The van der Waals surface area contributed by atoms with Crippen LogP contribution in [0, 0.1) is 0 Å². The van der Waals surface area contributed by atoms with Crippen LogP contribution in [0.5, 0.6) is 0 Å². The second-order valence-electron chi connectivity index (χ2n) is 5.32. The van der Waals surface area contributed by atoms with E-state index in [4.69, 9.17) is 9.52 Å². The molecule has 0 radical (unpaired) electrons. The molecule has 0 fully saturated rings. The predicted molar refractivity (Wildman–Crippen MR) is 86.9 cm³/mol. The van der Waals surface area contributed by atoms with Gasteiger partial charge in [-0.15, -0.1) is 0 Å². The predicted octanol–water partition coefficient (Wildman–Crippen LogP) is 2.82. The van der Waals surface area contributed by atoms with Crippen LogP contribution in [0.15, 0.2) is 40.8 Å². The summed E-state index contributed by atoms with van der Waals surface area (Å²) in [6, 6.07) is 10.2. The van der Waals surface area contributed by atoms with E-state index >= 15 is 0 Å². The number of nitrogens with one attached hydrogen (secondary N) is 1. The van der Waals surface area contributed by atoms with Crippen LogP contribution in [-0.2, 0) is 17.8 Å². The van der Waals surface area contributed by atoms with Crippen LogP contribution >= 0.6 is 0 Å². The molecule has 0 saturated heterocycles. The summed E-state index contributed by atoms with van der Waals surface area (Å²) in [5, 5.41) is 11.3. The molecule has 6 heteroatoms. The van der Waals surface area contributed by atoms with Gasteiger partial charge in [0.15, 0.2) is 5.78 Å². The van der Waals surface area contributed by atoms with Crippen molar-refractivity contribution in [2.24, 2.45) is 0 Å². The number of hydrogen-bond donors (Lipinski definition) is 2. The van der Waals surface area contributed by atoms with Crippen molar-refractivity contribution in [3.8, 4) is 0 Å². The lowest BCUT2D eigenvalue weighted by atomic mass is 10.0. The summed E-state index contributed by atoms with van der Waals surface area (Å²) < 4.78 is 5.03. The lowest BCUT2D eigenvalue weighted by Crippen LogP contribution is -2.23. The Bertz CT molecular complexity index is 730. The molecule has 1 heterocycles. The van der Waals surface area contributed by atoms with Crippen LogP contribution in [0.3, 0.4) is 0 Å².